The third kappa shape index (κ3) is 4.95. The third-order valence-corrected chi connectivity index (χ3v) is 2.86. The second-order valence-electron chi connectivity index (χ2n) is 5.01. The van der Waals surface area contributed by atoms with Gasteiger partial charge in [0.15, 0.2) is 0 Å². The molecule has 22 heavy (non-hydrogen) atoms. The van der Waals surface area contributed by atoms with Crippen LogP contribution in [0.3, 0.4) is 0 Å². The molecule has 3 amide bonds. The van der Waals surface area contributed by atoms with Crippen LogP contribution in [-0.4, -0.2) is 29.9 Å². The molecule has 116 valence electrons. The minimum Gasteiger partial charge on any atom is -0.684 e. The molecule has 0 bridgehead atoms. The predicted octanol–water partition coefficient (Wildman–Crippen LogP) is 1.59. The Morgan fingerprint density at radius 3 is 2.82 bits per heavy atom. The summed E-state index contributed by atoms with van der Waals surface area (Å²) in [4.78, 5) is 34.7. The quantitative estimate of drug-likeness (QED) is 0.533. The molecular weight excluding hydrogens is 456 g/mol. The molecule has 1 atom stereocenters. The van der Waals surface area contributed by atoms with Gasteiger partial charge < -0.3 is 14.8 Å². The van der Waals surface area contributed by atoms with Crippen molar-refractivity contribution in [3.05, 3.63) is 35.1 Å². The number of benzene rings is 1. The summed E-state index contributed by atoms with van der Waals surface area (Å²) >= 11 is 0. The van der Waals surface area contributed by atoms with Gasteiger partial charge in [-0.15, -0.1) is 29.8 Å². The first-order valence-corrected chi connectivity index (χ1v) is 6.73. The van der Waals surface area contributed by atoms with Gasteiger partial charge in [0.05, 0.1) is 6.10 Å². The first kappa shape index (κ1) is 18.4. The number of carbonyl (C=O) groups is 3. The molecule has 1 N–H and O–H groups in total. The summed E-state index contributed by atoms with van der Waals surface area (Å²) in [6.07, 6.45) is 0.425. The molecule has 1 fully saturated rings. The van der Waals surface area contributed by atoms with Gasteiger partial charge >= 0.3 is 21.1 Å². The summed E-state index contributed by atoms with van der Waals surface area (Å²) in [5, 5.41) is 6.02. The Bertz CT molecular complexity index is 574. The number of piperidine rings is 1. The van der Waals surface area contributed by atoms with Crippen molar-refractivity contribution in [2.24, 2.45) is 0 Å². The van der Waals surface area contributed by atoms with Crippen molar-refractivity contribution in [3.8, 4) is 5.75 Å². The normalized spacial score (nSPS) is 17.5. The molecule has 1 aromatic carbocycles. The van der Waals surface area contributed by atoms with E-state index >= 15 is 0 Å². The van der Waals surface area contributed by atoms with Gasteiger partial charge in [-0.3, -0.25) is 14.9 Å². The molecule has 0 saturated carbocycles. The fourth-order valence-electron chi connectivity index (χ4n) is 1.93. The molecule has 0 aliphatic carbocycles. The Balaban J connectivity index is 0.00000242. The molecule has 1 heterocycles. The maximum Gasteiger partial charge on any atom is 2.00 e. The fraction of sp³-hybridized carbons (Fsp3) is 0.400. The summed E-state index contributed by atoms with van der Waals surface area (Å²) in [6, 6.07) is 6.76. The van der Waals surface area contributed by atoms with E-state index in [1.54, 1.807) is 12.1 Å². The molecule has 6 nitrogen and oxygen atoms in total. The second kappa shape index (κ2) is 8.08. The summed E-state index contributed by atoms with van der Waals surface area (Å²) in [7, 11) is 0. The Kier molecular flexibility index (Phi) is 6.75. The van der Waals surface area contributed by atoms with Crippen LogP contribution in [0.15, 0.2) is 18.2 Å². The topological polar surface area (TPSA) is 86.6 Å². The molecule has 0 spiro atoms. The number of nitrogens with zero attached hydrogens (tertiary/aromatic N) is 1. The largest absolute Gasteiger partial charge is 2.00 e. The number of rotatable bonds is 4. The smallest absolute Gasteiger partial charge is 0.684 e. The van der Waals surface area contributed by atoms with E-state index in [-0.39, 0.29) is 51.5 Å². The summed E-state index contributed by atoms with van der Waals surface area (Å²) < 4.78 is 5.49. The van der Waals surface area contributed by atoms with Crippen molar-refractivity contribution >= 4 is 17.7 Å². The molecule has 7 heteroatoms. The van der Waals surface area contributed by atoms with Gasteiger partial charge in [-0.25, -0.2) is 0 Å². The predicted molar refractivity (Wildman–Crippen MR) is 74.9 cm³/mol. The monoisotopic (exact) mass is 472 g/mol. The van der Waals surface area contributed by atoms with Crippen molar-refractivity contribution < 1.29 is 40.2 Å². The van der Waals surface area contributed by atoms with Crippen molar-refractivity contribution in [2.75, 3.05) is 0 Å². The zero-order chi connectivity index (χ0) is 15.4. The van der Waals surface area contributed by atoms with E-state index in [0.29, 0.717) is 5.75 Å². The Morgan fingerprint density at radius 2 is 2.18 bits per heavy atom. The molecule has 0 radical (unpaired) electrons. The average molecular weight is 472 g/mol. The number of imide groups is 1. The zero-order valence-electron chi connectivity index (χ0n) is 12.3. The van der Waals surface area contributed by atoms with Gasteiger partial charge in [-0.2, -0.15) is 0 Å². The third-order valence-electron chi connectivity index (χ3n) is 2.86. The van der Waals surface area contributed by atoms with E-state index in [1.807, 2.05) is 13.8 Å². The minimum atomic E-state index is -0.821. The van der Waals surface area contributed by atoms with E-state index < -0.39 is 17.9 Å². The van der Waals surface area contributed by atoms with Crippen LogP contribution in [0, 0.1) is 6.07 Å². The molecule has 1 aliphatic rings. The minimum absolute atomic E-state index is 0. The van der Waals surface area contributed by atoms with Gasteiger partial charge in [0.2, 0.25) is 11.8 Å². The summed E-state index contributed by atoms with van der Waals surface area (Å²) in [5.74, 6) is -0.865. The van der Waals surface area contributed by atoms with Gasteiger partial charge in [0.1, 0.15) is 0 Å². The van der Waals surface area contributed by atoms with E-state index in [2.05, 4.69) is 16.7 Å². The molecule has 1 saturated heterocycles. The zero-order valence-corrected chi connectivity index (χ0v) is 15.2. The van der Waals surface area contributed by atoms with Crippen molar-refractivity contribution in [1.29, 1.82) is 0 Å². The van der Waals surface area contributed by atoms with Crippen molar-refractivity contribution in [2.45, 2.75) is 38.8 Å². The average Bonchev–Trinajstić information content (AvgIpc) is 2.41. The van der Waals surface area contributed by atoms with Crippen LogP contribution in [0.25, 0.3) is 5.32 Å². The second-order valence-corrected chi connectivity index (χ2v) is 5.01. The molecule has 1 aromatic rings. The number of hydrogen-bond acceptors (Lipinski definition) is 4. The van der Waals surface area contributed by atoms with Gasteiger partial charge in [0, 0.05) is 12.2 Å². The maximum absolute atomic E-state index is 12.1. The van der Waals surface area contributed by atoms with Gasteiger partial charge in [-0.05, 0) is 32.2 Å². The maximum atomic E-state index is 12.1. The molecule has 1 aliphatic heterocycles. The SMILES string of the molecule is CC(C)Oc1cc[c-]c(C(=O)[N-]C2CCC(=O)NC2=O)c1.[W+2]. The van der Waals surface area contributed by atoms with E-state index in [9.17, 15) is 14.4 Å². The Hall–Kier alpha value is -1.68. The van der Waals surface area contributed by atoms with E-state index in [4.69, 9.17) is 4.74 Å². The molecule has 0 aromatic heterocycles. The number of amides is 3. The van der Waals surface area contributed by atoms with Crippen LogP contribution in [0.2, 0.25) is 0 Å². The Labute approximate surface area is 143 Å². The first-order valence-electron chi connectivity index (χ1n) is 6.73. The van der Waals surface area contributed by atoms with Crippen molar-refractivity contribution in [3.63, 3.8) is 0 Å². The standard InChI is InChI=1S/C15H17N2O4.W/c1-9(2)21-11-5-3-4-10(8-11)14(19)16-12-6-7-13(18)17-15(12)20;/h3,5,8-9,12H,6-7H2,1-2H3,(H2,16,17,18,19,20);/q-1;+2/p-1. The van der Waals surface area contributed by atoms with Gasteiger partial charge in [-0.1, -0.05) is 0 Å². The molecular formula is C15H16N2O4W. The van der Waals surface area contributed by atoms with Crippen LogP contribution in [-0.2, 0) is 30.7 Å². The Morgan fingerprint density at radius 1 is 1.45 bits per heavy atom. The molecule has 1 unspecified atom stereocenters. The number of hydrogen-bond donors (Lipinski definition) is 1. The number of nitrogens with one attached hydrogen (secondary N) is 1. The fourth-order valence-corrected chi connectivity index (χ4v) is 1.93. The van der Waals surface area contributed by atoms with Crippen LogP contribution in [0.5, 0.6) is 5.75 Å². The summed E-state index contributed by atoms with van der Waals surface area (Å²) in [6.45, 7) is 3.76. The van der Waals surface area contributed by atoms with Gasteiger partial charge in [0.25, 0.3) is 0 Å². The van der Waals surface area contributed by atoms with Crippen LogP contribution in [0.4, 0.5) is 0 Å². The van der Waals surface area contributed by atoms with E-state index in [0.717, 1.165) is 0 Å². The van der Waals surface area contributed by atoms with Crippen LogP contribution in [0.1, 0.15) is 37.0 Å². The number of carbonyl (C=O) groups excluding carboxylic acids is 3. The first-order chi connectivity index (χ1) is 9.95. The molecule has 2 rings (SSSR count). The number of ether oxygens (including phenoxy) is 1. The van der Waals surface area contributed by atoms with Crippen LogP contribution < -0.4 is 10.1 Å². The van der Waals surface area contributed by atoms with Crippen LogP contribution >= 0.6 is 0 Å². The van der Waals surface area contributed by atoms with Crippen molar-refractivity contribution in [1.82, 2.24) is 5.32 Å². The summed E-state index contributed by atoms with van der Waals surface area (Å²) in [5.41, 5.74) is 0.234. The van der Waals surface area contributed by atoms with E-state index in [1.165, 1.54) is 6.07 Å².